The first-order valence-electron chi connectivity index (χ1n) is 14.5. The van der Waals surface area contributed by atoms with E-state index < -0.39 is 28.5 Å². The molecule has 8 nitrogen and oxygen atoms in total. The normalized spacial score (nSPS) is 14.5. The SMILES string of the molecule is CC[C@@H](C(=O)NC1CCCCC1)N(Cc1c(Cl)cccc1Cl)C(=O)CN(c1cccc(Cl)c1)S(=O)(=O)c1ccc(OC)cc1. The Hall–Kier alpha value is -2.98. The predicted molar refractivity (Wildman–Crippen MR) is 175 cm³/mol. The van der Waals surface area contributed by atoms with Gasteiger partial charge in [0.25, 0.3) is 10.0 Å². The van der Waals surface area contributed by atoms with E-state index in [0.29, 0.717) is 26.4 Å². The number of halogens is 3. The highest BCUT2D eigenvalue weighted by molar-refractivity contribution is 7.92. The molecule has 3 aromatic carbocycles. The van der Waals surface area contributed by atoms with E-state index in [1.165, 1.54) is 42.3 Å². The van der Waals surface area contributed by atoms with E-state index in [9.17, 15) is 18.0 Å². The lowest BCUT2D eigenvalue weighted by molar-refractivity contribution is -0.140. The van der Waals surface area contributed by atoms with Gasteiger partial charge in [-0.1, -0.05) is 73.1 Å². The number of carbonyl (C=O) groups is 2. The van der Waals surface area contributed by atoms with Crippen molar-refractivity contribution in [2.45, 2.75) is 69.0 Å². The van der Waals surface area contributed by atoms with E-state index in [-0.39, 0.29) is 35.5 Å². The van der Waals surface area contributed by atoms with Crippen LogP contribution in [-0.2, 0) is 26.2 Å². The molecule has 0 heterocycles. The molecule has 0 bridgehead atoms. The molecule has 1 atom stereocenters. The Morgan fingerprint density at radius 1 is 0.955 bits per heavy atom. The molecular weight excluding hydrogens is 645 g/mol. The van der Waals surface area contributed by atoms with Crippen LogP contribution in [0.25, 0.3) is 0 Å². The van der Waals surface area contributed by atoms with Crippen molar-refractivity contribution in [1.29, 1.82) is 0 Å². The smallest absolute Gasteiger partial charge is 0.264 e. The zero-order valence-corrected chi connectivity index (χ0v) is 27.7. The molecule has 44 heavy (non-hydrogen) atoms. The maximum atomic E-state index is 14.3. The summed E-state index contributed by atoms with van der Waals surface area (Å²) in [6, 6.07) is 16.2. The van der Waals surface area contributed by atoms with Gasteiger partial charge in [0, 0.05) is 33.2 Å². The lowest BCUT2D eigenvalue weighted by Gasteiger charge is -2.34. The molecule has 0 radical (unpaired) electrons. The zero-order chi connectivity index (χ0) is 31.9. The van der Waals surface area contributed by atoms with Gasteiger partial charge in [-0.05, 0) is 73.9 Å². The number of carbonyl (C=O) groups excluding carboxylic acids is 2. The number of amides is 2. The number of nitrogens with one attached hydrogen (secondary N) is 1. The summed E-state index contributed by atoms with van der Waals surface area (Å²) in [5.41, 5.74) is 0.650. The van der Waals surface area contributed by atoms with Crippen molar-refractivity contribution in [1.82, 2.24) is 10.2 Å². The van der Waals surface area contributed by atoms with Crippen molar-refractivity contribution in [3.63, 3.8) is 0 Å². The molecule has 4 rings (SSSR count). The average Bonchev–Trinajstić information content (AvgIpc) is 3.01. The van der Waals surface area contributed by atoms with Gasteiger partial charge in [-0.25, -0.2) is 8.42 Å². The van der Waals surface area contributed by atoms with Gasteiger partial charge >= 0.3 is 0 Å². The molecule has 12 heteroatoms. The standard InChI is InChI=1S/C32H36Cl3N3O5S/c1-3-30(32(40)36-23-10-5-4-6-11-23)37(20-27-28(34)13-8-14-29(27)35)31(39)21-38(24-12-7-9-22(33)19-24)44(41,42)26-17-15-25(43-2)16-18-26/h7-9,12-19,23,30H,3-6,10-11,20-21H2,1-2H3,(H,36,40)/t30-/m0/s1. The fraction of sp³-hybridized carbons (Fsp3) is 0.375. The molecule has 1 aliphatic carbocycles. The van der Waals surface area contributed by atoms with Gasteiger partial charge in [0.2, 0.25) is 11.8 Å². The fourth-order valence-electron chi connectivity index (χ4n) is 5.35. The third-order valence-corrected chi connectivity index (χ3v) is 10.5. The summed E-state index contributed by atoms with van der Waals surface area (Å²) < 4.78 is 34.3. The highest BCUT2D eigenvalue weighted by Gasteiger charge is 2.35. The number of hydrogen-bond donors (Lipinski definition) is 1. The van der Waals surface area contributed by atoms with Crippen LogP contribution < -0.4 is 14.4 Å². The Morgan fingerprint density at radius 2 is 1.59 bits per heavy atom. The summed E-state index contributed by atoms with van der Waals surface area (Å²) in [4.78, 5) is 29.3. The molecule has 0 spiro atoms. The molecule has 1 fully saturated rings. The minimum atomic E-state index is -4.27. The molecule has 0 aromatic heterocycles. The molecule has 1 saturated carbocycles. The second kappa shape index (κ2) is 15.3. The molecule has 236 valence electrons. The Bertz CT molecular complexity index is 1540. The number of ether oxygens (including phenoxy) is 1. The van der Waals surface area contributed by atoms with Crippen LogP contribution in [-0.4, -0.2) is 50.9 Å². The maximum absolute atomic E-state index is 14.3. The van der Waals surface area contributed by atoms with Crippen LogP contribution in [0.2, 0.25) is 15.1 Å². The van der Waals surface area contributed by atoms with Crippen LogP contribution >= 0.6 is 34.8 Å². The minimum Gasteiger partial charge on any atom is -0.497 e. The Morgan fingerprint density at radius 3 is 2.18 bits per heavy atom. The number of rotatable bonds is 12. The number of anilines is 1. The topological polar surface area (TPSA) is 96.0 Å². The first-order valence-corrected chi connectivity index (χ1v) is 17.1. The van der Waals surface area contributed by atoms with E-state index in [1.807, 2.05) is 6.92 Å². The predicted octanol–water partition coefficient (Wildman–Crippen LogP) is 7.11. The summed E-state index contributed by atoms with van der Waals surface area (Å²) in [6.45, 7) is 1.10. The largest absolute Gasteiger partial charge is 0.497 e. The summed E-state index contributed by atoms with van der Waals surface area (Å²) in [5.74, 6) is -0.432. The monoisotopic (exact) mass is 679 g/mol. The molecule has 0 saturated heterocycles. The minimum absolute atomic E-state index is 0.0181. The second-order valence-corrected chi connectivity index (χ2v) is 13.8. The molecule has 0 aliphatic heterocycles. The first-order chi connectivity index (χ1) is 21.0. The number of sulfonamides is 1. The molecular formula is C32H36Cl3N3O5S. The number of methoxy groups -OCH3 is 1. The Balaban J connectivity index is 1.74. The summed E-state index contributed by atoms with van der Waals surface area (Å²) in [6.07, 6.45) is 5.20. The zero-order valence-electron chi connectivity index (χ0n) is 24.6. The van der Waals surface area contributed by atoms with Crippen molar-refractivity contribution >= 4 is 62.3 Å². The number of benzene rings is 3. The van der Waals surface area contributed by atoms with Gasteiger partial charge in [-0.15, -0.1) is 0 Å². The maximum Gasteiger partial charge on any atom is 0.264 e. The molecule has 1 aliphatic rings. The van der Waals surface area contributed by atoms with Gasteiger partial charge in [0.1, 0.15) is 18.3 Å². The van der Waals surface area contributed by atoms with Crippen LogP contribution in [0.4, 0.5) is 5.69 Å². The van der Waals surface area contributed by atoms with Gasteiger partial charge in [0.15, 0.2) is 0 Å². The van der Waals surface area contributed by atoms with Crippen molar-refractivity contribution in [3.05, 3.63) is 87.4 Å². The molecule has 1 N–H and O–H groups in total. The lowest BCUT2D eigenvalue weighted by atomic mass is 9.95. The third kappa shape index (κ3) is 8.18. The van der Waals surface area contributed by atoms with Crippen molar-refractivity contribution < 1.29 is 22.7 Å². The summed E-state index contributed by atoms with van der Waals surface area (Å²) in [7, 11) is -2.79. The summed E-state index contributed by atoms with van der Waals surface area (Å²) in [5, 5.41) is 4.07. The van der Waals surface area contributed by atoms with E-state index in [1.54, 1.807) is 36.4 Å². The van der Waals surface area contributed by atoms with Crippen molar-refractivity contribution in [3.8, 4) is 5.75 Å². The molecule has 2 amide bonds. The van der Waals surface area contributed by atoms with Crippen LogP contribution in [0.3, 0.4) is 0 Å². The van der Waals surface area contributed by atoms with Crippen LogP contribution in [0.1, 0.15) is 51.0 Å². The number of hydrogen-bond acceptors (Lipinski definition) is 5. The average molecular weight is 681 g/mol. The van der Waals surface area contributed by atoms with Crippen molar-refractivity contribution in [2.75, 3.05) is 18.0 Å². The number of nitrogens with zero attached hydrogens (tertiary/aromatic N) is 2. The lowest BCUT2D eigenvalue weighted by Crippen LogP contribution is -2.54. The van der Waals surface area contributed by atoms with Gasteiger partial charge < -0.3 is 15.0 Å². The third-order valence-electron chi connectivity index (χ3n) is 7.75. The quantitative estimate of drug-likeness (QED) is 0.220. The highest BCUT2D eigenvalue weighted by atomic mass is 35.5. The van der Waals surface area contributed by atoms with Crippen LogP contribution in [0.5, 0.6) is 5.75 Å². The second-order valence-electron chi connectivity index (χ2n) is 10.7. The highest BCUT2D eigenvalue weighted by Crippen LogP contribution is 2.30. The van der Waals surface area contributed by atoms with E-state index in [4.69, 9.17) is 39.5 Å². The van der Waals surface area contributed by atoms with Crippen LogP contribution in [0.15, 0.2) is 71.6 Å². The van der Waals surface area contributed by atoms with Gasteiger partial charge in [-0.2, -0.15) is 0 Å². The van der Waals surface area contributed by atoms with Gasteiger partial charge in [-0.3, -0.25) is 13.9 Å². The van der Waals surface area contributed by atoms with E-state index in [2.05, 4.69) is 5.32 Å². The molecule has 3 aromatic rings. The Labute approximate surface area is 274 Å². The van der Waals surface area contributed by atoms with E-state index in [0.717, 1.165) is 36.4 Å². The van der Waals surface area contributed by atoms with Crippen LogP contribution in [0, 0.1) is 0 Å². The summed E-state index contributed by atoms with van der Waals surface area (Å²) >= 11 is 19.3. The van der Waals surface area contributed by atoms with E-state index >= 15 is 0 Å². The van der Waals surface area contributed by atoms with Gasteiger partial charge in [0.05, 0.1) is 17.7 Å². The molecule has 0 unspecified atom stereocenters. The van der Waals surface area contributed by atoms with Crippen molar-refractivity contribution in [2.24, 2.45) is 0 Å². The Kier molecular flexibility index (Phi) is 11.8. The fourth-order valence-corrected chi connectivity index (χ4v) is 7.46. The first kappa shape index (κ1) is 33.9.